The van der Waals surface area contributed by atoms with Gasteiger partial charge in [-0.2, -0.15) is 0 Å². The predicted molar refractivity (Wildman–Crippen MR) is 84.4 cm³/mol. The highest BCUT2D eigenvalue weighted by Gasteiger charge is 2.22. The number of ether oxygens (including phenoxy) is 1. The molecule has 5 heteroatoms. The summed E-state index contributed by atoms with van der Waals surface area (Å²) in [6.45, 7) is 6.51. The number of nitrogens with zero attached hydrogens (tertiary/aromatic N) is 2. The highest BCUT2D eigenvalue weighted by Crippen LogP contribution is 2.26. The van der Waals surface area contributed by atoms with Crippen molar-refractivity contribution in [2.45, 2.75) is 39.1 Å². The van der Waals surface area contributed by atoms with Gasteiger partial charge in [0.25, 0.3) is 0 Å². The maximum absolute atomic E-state index is 6.09. The number of benzene rings is 1. The molecule has 1 aromatic carbocycles. The first-order valence-electron chi connectivity index (χ1n) is 7.29. The van der Waals surface area contributed by atoms with Crippen LogP contribution in [0.5, 0.6) is 0 Å². The number of imidazole rings is 1. The van der Waals surface area contributed by atoms with Gasteiger partial charge in [-0.1, -0.05) is 37.6 Å². The molecular weight excluding hydrogens is 286 g/mol. The summed E-state index contributed by atoms with van der Waals surface area (Å²) in [6, 6.07) is 8.35. The van der Waals surface area contributed by atoms with Crippen LogP contribution < -0.4 is 5.32 Å². The third-order valence-corrected chi connectivity index (χ3v) is 3.88. The number of halogens is 1. The van der Waals surface area contributed by atoms with E-state index >= 15 is 0 Å². The van der Waals surface area contributed by atoms with Crippen LogP contribution in [0.25, 0.3) is 11.3 Å². The largest absolute Gasteiger partial charge is 0.367 e. The van der Waals surface area contributed by atoms with Crippen LogP contribution in [-0.2, 0) is 17.9 Å². The Morgan fingerprint density at radius 2 is 2.33 bits per heavy atom. The molecule has 1 aliphatic rings. The van der Waals surface area contributed by atoms with Crippen LogP contribution in [0, 0.1) is 0 Å². The van der Waals surface area contributed by atoms with Crippen LogP contribution >= 0.6 is 11.6 Å². The molecule has 2 heterocycles. The summed E-state index contributed by atoms with van der Waals surface area (Å²) in [5.74, 6) is 0.978. The third kappa shape index (κ3) is 3.28. The average Bonchev–Trinajstić information content (AvgIpc) is 2.88. The lowest BCUT2D eigenvalue weighted by atomic mass is 10.1. The molecule has 0 spiro atoms. The second-order valence-corrected chi connectivity index (χ2v) is 6.11. The Hall–Kier alpha value is -1.36. The number of hydrogen-bond donors (Lipinski definition) is 1. The van der Waals surface area contributed by atoms with Crippen molar-refractivity contribution in [1.29, 1.82) is 0 Å². The van der Waals surface area contributed by atoms with Gasteiger partial charge in [0, 0.05) is 23.2 Å². The highest BCUT2D eigenvalue weighted by atomic mass is 35.5. The Labute approximate surface area is 130 Å². The molecular formula is C16H20ClN3O. The van der Waals surface area contributed by atoms with E-state index in [4.69, 9.17) is 16.3 Å². The fraction of sp³-hybridized carbons (Fsp3) is 0.438. The molecule has 0 amide bonds. The summed E-state index contributed by atoms with van der Waals surface area (Å²) < 4.78 is 8.09. The molecule has 112 valence electrons. The van der Waals surface area contributed by atoms with Crippen molar-refractivity contribution in [3.8, 4) is 11.3 Å². The van der Waals surface area contributed by atoms with Crippen LogP contribution in [0.2, 0.25) is 5.02 Å². The van der Waals surface area contributed by atoms with Crippen molar-refractivity contribution in [2.75, 3.05) is 6.54 Å². The summed E-state index contributed by atoms with van der Waals surface area (Å²) in [4.78, 5) is 4.47. The Kier molecular flexibility index (Phi) is 4.29. The fourth-order valence-corrected chi connectivity index (χ4v) is 2.74. The molecule has 3 rings (SSSR count). The topological polar surface area (TPSA) is 39.1 Å². The van der Waals surface area contributed by atoms with Gasteiger partial charge in [-0.25, -0.2) is 4.98 Å². The van der Waals surface area contributed by atoms with Gasteiger partial charge in [-0.05, 0) is 12.1 Å². The quantitative estimate of drug-likeness (QED) is 0.943. The Bertz CT molecular complexity index is 624. The first-order chi connectivity index (χ1) is 10.1. The smallest absolute Gasteiger partial charge is 0.135 e. The SMILES string of the molecule is CC(C)NC[C@H]1Cn2c(-c3cccc(Cl)c3)cnc2CO1. The molecule has 0 saturated carbocycles. The third-order valence-electron chi connectivity index (χ3n) is 3.65. The molecule has 4 nitrogen and oxygen atoms in total. The normalized spacial score (nSPS) is 18.0. The van der Waals surface area contributed by atoms with E-state index in [2.05, 4.69) is 34.8 Å². The van der Waals surface area contributed by atoms with Crippen molar-refractivity contribution in [2.24, 2.45) is 0 Å². The van der Waals surface area contributed by atoms with E-state index in [-0.39, 0.29) is 6.10 Å². The maximum atomic E-state index is 6.09. The van der Waals surface area contributed by atoms with E-state index < -0.39 is 0 Å². The predicted octanol–water partition coefficient (Wildman–Crippen LogP) is 3.10. The highest BCUT2D eigenvalue weighted by molar-refractivity contribution is 6.30. The average molecular weight is 306 g/mol. The molecule has 0 aliphatic carbocycles. The van der Waals surface area contributed by atoms with Gasteiger partial charge in [0.05, 0.1) is 24.5 Å². The minimum atomic E-state index is 0.173. The van der Waals surface area contributed by atoms with Crippen LogP contribution in [-0.4, -0.2) is 28.2 Å². The van der Waals surface area contributed by atoms with Gasteiger partial charge in [-0.3, -0.25) is 0 Å². The van der Waals surface area contributed by atoms with Gasteiger partial charge in [0.1, 0.15) is 12.4 Å². The summed E-state index contributed by atoms with van der Waals surface area (Å²) in [5, 5.41) is 4.17. The first-order valence-corrected chi connectivity index (χ1v) is 7.66. The van der Waals surface area contributed by atoms with Crippen LogP contribution in [0.1, 0.15) is 19.7 Å². The lowest BCUT2D eigenvalue weighted by Crippen LogP contribution is -2.38. The van der Waals surface area contributed by atoms with Crippen molar-refractivity contribution >= 4 is 11.6 Å². The molecule has 1 aromatic heterocycles. The van der Waals surface area contributed by atoms with Gasteiger partial charge in [-0.15, -0.1) is 0 Å². The molecule has 0 fully saturated rings. The lowest BCUT2D eigenvalue weighted by molar-refractivity contribution is 0.00248. The number of hydrogen-bond acceptors (Lipinski definition) is 3. The van der Waals surface area contributed by atoms with E-state index in [1.165, 1.54) is 0 Å². The monoisotopic (exact) mass is 305 g/mol. The molecule has 0 bridgehead atoms. The minimum absolute atomic E-state index is 0.173. The Balaban J connectivity index is 1.82. The zero-order chi connectivity index (χ0) is 14.8. The van der Waals surface area contributed by atoms with Crippen molar-refractivity contribution in [1.82, 2.24) is 14.9 Å². The second kappa shape index (κ2) is 6.18. The lowest BCUT2D eigenvalue weighted by Gasteiger charge is -2.27. The summed E-state index contributed by atoms with van der Waals surface area (Å²) in [6.07, 6.45) is 2.08. The number of fused-ring (bicyclic) bond motifs is 1. The zero-order valence-electron chi connectivity index (χ0n) is 12.3. The molecule has 21 heavy (non-hydrogen) atoms. The van der Waals surface area contributed by atoms with Crippen molar-refractivity contribution in [3.63, 3.8) is 0 Å². The van der Waals surface area contributed by atoms with Crippen molar-refractivity contribution in [3.05, 3.63) is 41.3 Å². The summed E-state index contributed by atoms with van der Waals surface area (Å²) in [5.41, 5.74) is 2.20. The zero-order valence-corrected chi connectivity index (χ0v) is 13.1. The van der Waals surface area contributed by atoms with Gasteiger partial charge >= 0.3 is 0 Å². The minimum Gasteiger partial charge on any atom is -0.367 e. The van der Waals surface area contributed by atoms with Gasteiger partial charge in [0.15, 0.2) is 0 Å². The van der Waals surface area contributed by atoms with Crippen LogP contribution in [0.3, 0.4) is 0 Å². The Morgan fingerprint density at radius 3 is 3.10 bits per heavy atom. The molecule has 2 aromatic rings. The summed E-state index contributed by atoms with van der Waals surface area (Å²) >= 11 is 6.09. The standard InChI is InChI=1S/C16H20ClN3O/c1-11(2)18-7-14-9-20-15(8-19-16(20)10-21-14)12-4-3-5-13(17)6-12/h3-6,8,11,14,18H,7,9-10H2,1-2H3/t14-/m0/s1. The number of nitrogens with one attached hydrogen (secondary N) is 1. The van der Waals surface area contributed by atoms with E-state index in [1.807, 2.05) is 24.4 Å². The molecule has 1 aliphatic heterocycles. The maximum Gasteiger partial charge on any atom is 0.135 e. The van der Waals surface area contributed by atoms with Crippen LogP contribution in [0.15, 0.2) is 30.5 Å². The fourth-order valence-electron chi connectivity index (χ4n) is 2.55. The van der Waals surface area contributed by atoms with E-state index in [9.17, 15) is 0 Å². The van der Waals surface area contributed by atoms with Gasteiger partial charge < -0.3 is 14.6 Å². The first kappa shape index (κ1) is 14.6. The second-order valence-electron chi connectivity index (χ2n) is 5.68. The van der Waals surface area contributed by atoms with Crippen molar-refractivity contribution < 1.29 is 4.74 Å². The molecule has 0 unspecified atom stereocenters. The molecule has 1 atom stereocenters. The summed E-state index contributed by atoms with van der Waals surface area (Å²) in [7, 11) is 0. The molecule has 0 saturated heterocycles. The Morgan fingerprint density at radius 1 is 1.48 bits per heavy atom. The molecule has 0 radical (unpaired) electrons. The van der Waals surface area contributed by atoms with E-state index in [0.717, 1.165) is 35.2 Å². The number of rotatable bonds is 4. The van der Waals surface area contributed by atoms with Crippen LogP contribution in [0.4, 0.5) is 0 Å². The van der Waals surface area contributed by atoms with E-state index in [1.54, 1.807) is 0 Å². The number of aromatic nitrogens is 2. The van der Waals surface area contributed by atoms with E-state index in [0.29, 0.717) is 12.6 Å². The molecule has 1 N–H and O–H groups in total. The van der Waals surface area contributed by atoms with Gasteiger partial charge in [0.2, 0.25) is 0 Å².